The lowest BCUT2D eigenvalue weighted by Gasteiger charge is -2.24. The van der Waals surface area contributed by atoms with E-state index in [0.717, 1.165) is 25.8 Å². The molecule has 3 nitrogen and oxygen atoms in total. The zero-order chi connectivity index (χ0) is 14.5. The molecule has 1 unspecified atom stereocenters. The summed E-state index contributed by atoms with van der Waals surface area (Å²) in [6.45, 7) is 4.48. The van der Waals surface area contributed by atoms with E-state index in [9.17, 15) is 9.59 Å². The molecule has 0 aliphatic carbocycles. The minimum absolute atomic E-state index is 0.137. The zero-order valence-corrected chi connectivity index (χ0v) is 12.4. The van der Waals surface area contributed by atoms with Crippen LogP contribution in [0.3, 0.4) is 0 Å². The van der Waals surface area contributed by atoms with E-state index in [0.29, 0.717) is 12.8 Å². The number of benzene rings is 1. The van der Waals surface area contributed by atoms with Crippen LogP contribution in [-0.2, 0) is 16.0 Å². The summed E-state index contributed by atoms with van der Waals surface area (Å²) in [7, 11) is 0. The molecule has 1 atom stereocenters. The third kappa shape index (κ3) is 3.92. The Morgan fingerprint density at radius 3 is 2.85 bits per heavy atom. The first-order valence-corrected chi connectivity index (χ1v) is 7.40. The van der Waals surface area contributed by atoms with Gasteiger partial charge in [-0.25, -0.2) is 0 Å². The van der Waals surface area contributed by atoms with Gasteiger partial charge in [0.2, 0.25) is 5.91 Å². The molecule has 1 aromatic rings. The summed E-state index contributed by atoms with van der Waals surface area (Å²) >= 11 is 0. The molecule has 0 aromatic heterocycles. The van der Waals surface area contributed by atoms with Crippen molar-refractivity contribution < 1.29 is 9.59 Å². The van der Waals surface area contributed by atoms with Gasteiger partial charge in [0.1, 0.15) is 5.78 Å². The summed E-state index contributed by atoms with van der Waals surface area (Å²) in [5, 5.41) is 0. The van der Waals surface area contributed by atoms with Crippen LogP contribution >= 0.6 is 0 Å². The molecule has 1 amide bonds. The summed E-state index contributed by atoms with van der Waals surface area (Å²) in [5.41, 5.74) is 2.44. The lowest BCUT2D eigenvalue weighted by atomic mass is 10.1. The minimum atomic E-state index is 0.137. The Kier molecular flexibility index (Phi) is 4.94. The van der Waals surface area contributed by atoms with Gasteiger partial charge in [-0.15, -0.1) is 0 Å². The highest BCUT2D eigenvalue weighted by atomic mass is 16.2. The van der Waals surface area contributed by atoms with Gasteiger partial charge in [0, 0.05) is 25.4 Å². The van der Waals surface area contributed by atoms with E-state index in [1.807, 2.05) is 11.0 Å². The molecule has 108 valence electrons. The molecular formula is C17H23NO2. The molecular weight excluding hydrogens is 250 g/mol. The standard InChI is InChI=1S/C17H23NO2/c1-13-5-3-6-15(11-13)8-9-17(20)18-10-4-7-16(18)12-14(2)19/h3,5-6,11,16H,4,7-10,12H2,1-2H3. The van der Waals surface area contributed by atoms with Crippen molar-refractivity contribution >= 4 is 11.7 Å². The predicted molar refractivity (Wildman–Crippen MR) is 79.5 cm³/mol. The average molecular weight is 273 g/mol. The number of likely N-dealkylation sites (tertiary alicyclic amines) is 1. The van der Waals surface area contributed by atoms with Crippen LogP contribution in [0.4, 0.5) is 0 Å². The van der Waals surface area contributed by atoms with E-state index in [1.165, 1.54) is 11.1 Å². The highest BCUT2D eigenvalue weighted by Gasteiger charge is 2.28. The van der Waals surface area contributed by atoms with E-state index >= 15 is 0 Å². The molecule has 1 fully saturated rings. The summed E-state index contributed by atoms with van der Waals surface area (Å²) in [6, 6.07) is 8.43. The topological polar surface area (TPSA) is 37.4 Å². The number of Topliss-reactive ketones (excluding diaryl/α,β-unsaturated/α-hetero) is 1. The van der Waals surface area contributed by atoms with Crippen molar-refractivity contribution in [3.05, 3.63) is 35.4 Å². The molecule has 0 spiro atoms. The second-order valence-corrected chi connectivity index (χ2v) is 5.78. The van der Waals surface area contributed by atoms with Gasteiger partial charge in [-0.3, -0.25) is 9.59 Å². The maximum atomic E-state index is 12.3. The zero-order valence-electron chi connectivity index (χ0n) is 12.4. The van der Waals surface area contributed by atoms with Crippen molar-refractivity contribution in [2.75, 3.05) is 6.54 Å². The minimum Gasteiger partial charge on any atom is -0.339 e. The highest BCUT2D eigenvalue weighted by molar-refractivity contribution is 5.80. The maximum Gasteiger partial charge on any atom is 0.223 e. The molecule has 1 saturated heterocycles. The number of ketones is 1. The second-order valence-electron chi connectivity index (χ2n) is 5.78. The van der Waals surface area contributed by atoms with Crippen LogP contribution < -0.4 is 0 Å². The molecule has 3 heteroatoms. The molecule has 0 saturated carbocycles. The van der Waals surface area contributed by atoms with E-state index in [1.54, 1.807) is 6.92 Å². The fourth-order valence-corrected chi connectivity index (χ4v) is 2.97. The van der Waals surface area contributed by atoms with Crippen molar-refractivity contribution in [3.63, 3.8) is 0 Å². The average Bonchev–Trinajstić information content (AvgIpc) is 2.83. The van der Waals surface area contributed by atoms with Gasteiger partial charge in [0.05, 0.1) is 0 Å². The van der Waals surface area contributed by atoms with Crippen LogP contribution in [-0.4, -0.2) is 29.2 Å². The third-order valence-electron chi connectivity index (χ3n) is 3.93. The quantitative estimate of drug-likeness (QED) is 0.827. The van der Waals surface area contributed by atoms with E-state index in [2.05, 4.69) is 25.1 Å². The molecule has 1 aliphatic heterocycles. The van der Waals surface area contributed by atoms with Gasteiger partial charge >= 0.3 is 0 Å². The molecule has 20 heavy (non-hydrogen) atoms. The first-order chi connectivity index (χ1) is 9.56. The van der Waals surface area contributed by atoms with E-state index in [4.69, 9.17) is 0 Å². The first kappa shape index (κ1) is 14.8. The number of carbonyl (C=O) groups excluding carboxylic acids is 2. The smallest absolute Gasteiger partial charge is 0.223 e. The van der Waals surface area contributed by atoms with Crippen molar-refractivity contribution in [3.8, 4) is 0 Å². The van der Waals surface area contributed by atoms with Crippen LogP contribution in [0.25, 0.3) is 0 Å². The van der Waals surface area contributed by atoms with Gasteiger partial charge in [0.15, 0.2) is 0 Å². The van der Waals surface area contributed by atoms with Crippen molar-refractivity contribution in [1.29, 1.82) is 0 Å². The maximum absolute atomic E-state index is 12.3. The number of nitrogens with zero attached hydrogens (tertiary/aromatic N) is 1. The van der Waals surface area contributed by atoms with E-state index in [-0.39, 0.29) is 17.7 Å². The van der Waals surface area contributed by atoms with Crippen LogP contribution in [0.15, 0.2) is 24.3 Å². The molecule has 2 rings (SSSR count). The highest BCUT2D eigenvalue weighted by Crippen LogP contribution is 2.21. The van der Waals surface area contributed by atoms with Crippen molar-refractivity contribution in [2.45, 2.75) is 52.0 Å². The molecule has 0 N–H and O–H groups in total. The SMILES string of the molecule is CC(=O)CC1CCCN1C(=O)CCc1cccc(C)c1. The number of carbonyl (C=O) groups is 2. The third-order valence-corrected chi connectivity index (χ3v) is 3.93. The molecule has 1 aliphatic rings. The van der Waals surface area contributed by atoms with Crippen molar-refractivity contribution in [2.24, 2.45) is 0 Å². The molecule has 1 aromatic carbocycles. The van der Waals surface area contributed by atoms with Gasteiger partial charge in [-0.1, -0.05) is 29.8 Å². The Hall–Kier alpha value is -1.64. The van der Waals surface area contributed by atoms with Crippen LogP contribution in [0, 0.1) is 6.92 Å². The largest absolute Gasteiger partial charge is 0.339 e. The monoisotopic (exact) mass is 273 g/mol. The number of hydrogen-bond acceptors (Lipinski definition) is 2. The number of aryl methyl sites for hydroxylation is 2. The molecule has 1 heterocycles. The lowest BCUT2D eigenvalue weighted by Crippen LogP contribution is -2.36. The fraction of sp³-hybridized carbons (Fsp3) is 0.529. The predicted octanol–water partition coefficient (Wildman–Crippen LogP) is 2.90. The van der Waals surface area contributed by atoms with Crippen molar-refractivity contribution in [1.82, 2.24) is 4.90 Å². The second kappa shape index (κ2) is 6.69. The fourth-order valence-electron chi connectivity index (χ4n) is 2.97. The van der Waals surface area contributed by atoms with Gasteiger partial charge in [-0.05, 0) is 38.7 Å². The Bertz CT molecular complexity index is 496. The van der Waals surface area contributed by atoms with Crippen LogP contribution in [0.2, 0.25) is 0 Å². The summed E-state index contributed by atoms with van der Waals surface area (Å²) in [6.07, 6.45) is 3.82. The summed E-state index contributed by atoms with van der Waals surface area (Å²) in [4.78, 5) is 25.5. The van der Waals surface area contributed by atoms with Gasteiger partial charge in [-0.2, -0.15) is 0 Å². The number of amides is 1. The number of rotatable bonds is 5. The van der Waals surface area contributed by atoms with Crippen LogP contribution in [0.5, 0.6) is 0 Å². The number of hydrogen-bond donors (Lipinski definition) is 0. The van der Waals surface area contributed by atoms with E-state index < -0.39 is 0 Å². The first-order valence-electron chi connectivity index (χ1n) is 7.40. The summed E-state index contributed by atoms with van der Waals surface area (Å²) < 4.78 is 0. The lowest BCUT2D eigenvalue weighted by molar-refractivity contribution is -0.132. The molecule has 0 bridgehead atoms. The Labute approximate surface area is 121 Å². The Balaban J connectivity index is 1.89. The summed E-state index contributed by atoms with van der Waals surface area (Å²) in [5.74, 6) is 0.364. The Morgan fingerprint density at radius 1 is 1.35 bits per heavy atom. The normalized spacial score (nSPS) is 18.3. The van der Waals surface area contributed by atoms with Crippen LogP contribution in [0.1, 0.15) is 43.7 Å². The van der Waals surface area contributed by atoms with Gasteiger partial charge < -0.3 is 4.90 Å². The molecule has 0 radical (unpaired) electrons. The Morgan fingerprint density at radius 2 is 2.15 bits per heavy atom. The van der Waals surface area contributed by atoms with Gasteiger partial charge in [0.25, 0.3) is 0 Å².